The van der Waals surface area contributed by atoms with Crippen LogP contribution in [0.4, 0.5) is 5.69 Å². The maximum absolute atomic E-state index is 13.0. The Hall–Kier alpha value is -2.42. The summed E-state index contributed by atoms with van der Waals surface area (Å²) < 4.78 is 25.1. The van der Waals surface area contributed by atoms with Gasteiger partial charge in [-0.15, -0.1) is 0 Å². The summed E-state index contributed by atoms with van der Waals surface area (Å²) in [6.07, 6.45) is 1.54. The zero-order valence-electron chi connectivity index (χ0n) is 17.3. The molecule has 0 saturated carbocycles. The molecule has 1 saturated heterocycles. The highest BCUT2D eigenvalue weighted by molar-refractivity contribution is 7.92. The molecule has 8 heteroatoms. The second-order valence-corrected chi connectivity index (χ2v) is 9.64. The van der Waals surface area contributed by atoms with Crippen molar-refractivity contribution in [3.8, 4) is 0 Å². The number of benzene rings is 2. The molecule has 2 aromatic rings. The van der Waals surface area contributed by atoms with E-state index in [0.717, 1.165) is 30.3 Å². The van der Waals surface area contributed by atoms with Crippen LogP contribution in [0.3, 0.4) is 0 Å². The second kappa shape index (κ2) is 9.59. The molecule has 0 radical (unpaired) electrons. The Morgan fingerprint density at radius 1 is 1.13 bits per heavy atom. The summed E-state index contributed by atoms with van der Waals surface area (Å²) in [5, 5.41) is 13.0. The molecule has 3 N–H and O–H groups in total. The zero-order valence-corrected chi connectivity index (χ0v) is 18.1. The maximum atomic E-state index is 13.0. The van der Waals surface area contributed by atoms with E-state index in [4.69, 9.17) is 0 Å². The van der Waals surface area contributed by atoms with Crippen LogP contribution in [0.2, 0.25) is 0 Å². The van der Waals surface area contributed by atoms with Crippen LogP contribution < -0.4 is 10.0 Å². The van der Waals surface area contributed by atoms with Crippen LogP contribution in [0.25, 0.3) is 0 Å². The third-order valence-electron chi connectivity index (χ3n) is 5.31. The van der Waals surface area contributed by atoms with Gasteiger partial charge in [-0.05, 0) is 36.6 Å². The molecule has 1 fully saturated rings. The van der Waals surface area contributed by atoms with Gasteiger partial charge in [0, 0.05) is 25.3 Å². The van der Waals surface area contributed by atoms with E-state index in [1.165, 1.54) is 0 Å². The van der Waals surface area contributed by atoms with Gasteiger partial charge in [-0.25, -0.2) is 8.42 Å². The first-order valence-electron chi connectivity index (χ1n) is 10.0. The molecule has 0 aromatic heterocycles. The fraction of sp³-hybridized carbons (Fsp3) is 0.409. The summed E-state index contributed by atoms with van der Waals surface area (Å²) in [6.45, 7) is 3.89. The van der Waals surface area contributed by atoms with Gasteiger partial charge in [-0.3, -0.25) is 14.4 Å². The normalized spacial score (nSPS) is 19.2. The van der Waals surface area contributed by atoms with Crippen molar-refractivity contribution in [1.82, 2.24) is 10.2 Å². The number of nitrogens with zero attached hydrogens (tertiary/aromatic N) is 1. The number of likely N-dealkylation sites (tertiary alicyclic amines) is 1. The summed E-state index contributed by atoms with van der Waals surface area (Å²) in [5.41, 5.74) is 2.28. The molecule has 0 bridgehead atoms. The summed E-state index contributed by atoms with van der Waals surface area (Å²) in [5.74, 6) is -0.500. The van der Waals surface area contributed by atoms with Crippen molar-refractivity contribution in [2.24, 2.45) is 0 Å². The van der Waals surface area contributed by atoms with Crippen LogP contribution in [0.1, 0.15) is 36.4 Å². The number of carbonyl (C=O) groups is 1. The highest BCUT2D eigenvalue weighted by Crippen LogP contribution is 2.22. The smallest absolute Gasteiger partial charge is 0.229 e. The van der Waals surface area contributed by atoms with Gasteiger partial charge in [0.15, 0.2) is 0 Å². The Balaban J connectivity index is 1.69. The highest BCUT2D eigenvalue weighted by Gasteiger charge is 2.26. The Bertz CT molecular complexity index is 948. The lowest BCUT2D eigenvalue weighted by Crippen LogP contribution is -2.39. The molecule has 162 valence electrons. The van der Waals surface area contributed by atoms with Gasteiger partial charge in [-0.1, -0.05) is 42.5 Å². The average Bonchev–Trinajstić information content (AvgIpc) is 3.11. The second-order valence-electron chi connectivity index (χ2n) is 7.89. The molecule has 30 heavy (non-hydrogen) atoms. The molecule has 1 aliphatic heterocycles. The maximum Gasteiger partial charge on any atom is 0.229 e. The van der Waals surface area contributed by atoms with Crippen molar-refractivity contribution in [1.29, 1.82) is 0 Å². The minimum absolute atomic E-state index is 0.104. The monoisotopic (exact) mass is 431 g/mol. The third kappa shape index (κ3) is 6.29. The van der Waals surface area contributed by atoms with E-state index in [-0.39, 0.29) is 18.1 Å². The number of hydrogen-bond acceptors (Lipinski definition) is 5. The lowest BCUT2D eigenvalue weighted by atomic mass is 9.98. The topological polar surface area (TPSA) is 98.7 Å². The molecule has 3 rings (SSSR count). The largest absolute Gasteiger partial charge is 0.392 e. The molecule has 3 atom stereocenters. The first-order chi connectivity index (χ1) is 14.2. The Kier molecular flexibility index (Phi) is 7.12. The van der Waals surface area contributed by atoms with E-state index in [2.05, 4.69) is 14.9 Å². The van der Waals surface area contributed by atoms with Crippen LogP contribution >= 0.6 is 0 Å². The van der Waals surface area contributed by atoms with Crippen LogP contribution in [-0.2, 0) is 14.8 Å². The van der Waals surface area contributed by atoms with Crippen LogP contribution in [0, 0.1) is 0 Å². The van der Waals surface area contributed by atoms with Gasteiger partial charge in [-0.2, -0.15) is 0 Å². The quantitative estimate of drug-likeness (QED) is 0.594. The Morgan fingerprint density at radius 2 is 1.80 bits per heavy atom. The summed E-state index contributed by atoms with van der Waals surface area (Å²) in [6, 6.07) is 16.5. The van der Waals surface area contributed by atoms with E-state index < -0.39 is 15.9 Å². The summed E-state index contributed by atoms with van der Waals surface area (Å²) >= 11 is 0. The molecule has 3 unspecified atom stereocenters. The SMILES string of the molecule is CC(C(=O)NC(CN1CCC(O)C1)c1ccccc1)c1ccc(NS(C)(=O)=O)cc1. The first kappa shape index (κ1) is 22.3. The van der Waals surface area contributed by atoms with Crippen molar-refractivity contribution < 1.29 is 18.3 Å². The number of nitrogens with one attached hydrogen (secondary N) is 2. The lowest BCUT2D eigenvalue weighted by Gasteiger charge is -2.26. The van der Waals surface area contributed by atoms with E-state index in [1.807, 2.05) is 37.3 Å². The lowest BCUT2D eigenvalue weighted by molar-refractivity contribution is -0.123. The fourth-order valence-corrected chi connectivity index (χ4v) is 4.22. The van der Waals surface area contributed by atoms with E-state index >= 15 is 0 Å². The summed E-state index contributed by atoms with van der Waals surface area (Å²) in [4.78, 5) is 15.2. The molecule has 7 nitrogen and oxygen atoms in total. The van der Waals surface area contributed by atoms with Crippen molar-refractivity contribution >= 4 is 21.6 Å². The van der Waals surface area contributed by atoms with Gasteiger partial charge in [0.2, 0.25) is 15.9 Å². The number of hydrogen-bond donors (Lipinski definition) is 3. The number of anilines is 1. The van der Waals surface area contributed by atoms with Gasteiger partial charge in [0.05, 0.1) is 24.3 Å². The van der Waals surface area contributed by atoms with Gasteiger partial charge in [0.1, 0.15) is 0 Å². The van der Waals surface area contributed by atoms with Crippen LogP contribution in [0.5, 0.6) is 0 Å². The zero-order chi connectivity index (χ0) is 21.7. The van der Waals surface area contributed by atoms with E-state index in [9.17, 15) is 18.3 Å². The minimum Gasteiger partial charge on any atom is -0.392 e. The number of β-amino-alcohol motifs (C(OH)–C–C–N with tert-alkyl or cyclic N) is 1. The number of rotatable bonds is 8. The fourth-order valence-electron chi connectivity index (χ4n) is 3.66. The van der Waals surface area contributed by atoms with E-state index in [1.54, 1.807) is 24.3 Å². The molecule has 2 aromatic carbocycles. The number of amides is 1. The van der Waals surface area contributed by atoms with Gasteiger partial charge in [0.25, 0.3) is 0 Å². The Labute approximate surface area is 178 Å². The molecular weight excluding hydrogens is 402 g/mol. The molecule has 0 aliphatic carbocycles. The minimum atomic E-state index is -3.34. The first-order valence-corrected chi connectivity index (χ1v) is 11.9. The number of sulfonamides is 1. The molecule has 1 aliphatic rings. The third-order valence-corrected chi connectivity index (χ3v) is 5.92. The van der Waals surface area contributed by atoms with E-state index in [0.29, 0.717) is 18.8 Å². The average molecular weight is 432 g/mol. The Morgan fingerprint density at radius 3 is 2.37 bits per heavy atom. The van der Waals surface area contributed by atoms with Crippen LogP contribution in [-0.4, -0.2) is 56.3 Å². The molecule has 1 amide bonds. The summed E-state index contributed by atoms with van der Waals surface area (Å²) in [7, 11) is -3.34. The molecule has 0 spiro atoms. The predicted molar refractivity (Wildman–Crippen MR) is 118 cm³/mol. The van der Waals surface area contributed by atoms with Gasteiger partial charge >= 0.3 is 0 Å². The van der Waals surface area contributed by atoms with Crippen molar-refractivity contribution in [3.05, 3.63) is 65.7 Å². The van der Waals surface area contributed by atoms with Crippen LogP contribution in [0.15, 0.2) is 54.6 Å². The number of aliphatic hydroxyl groups excluding tert-OH is 1. The molecular formula is C22H29N3O4S. The standard InChI is InChI=1S/C22H29N3O4S/c1-16(17-8-10-19(11-9-17)24-30(2,28)29)22(27)23-21(18-6-4-3-5-7-18)15-25-13-12-20(26)14-25/h3-11,16,20-21,24,26H,12-15H2,1-2H3,(H,23,27). The van der Waals surface area contributed by atoms with Gasteiger partial charge < -0.3 is 10.4 Å². The van der Waals surface area contributed by atoms with Crippen molar-refractivity contribution in [2.45, 2.75) is 31.4 Å². The highest BCUT2D eigenvalue weighted by atomic mass is 32.2. The predicted octanol–water partition coefficient (Wildman–Crippen LogP) is 2.09. The number of carbonyl (C=O) groups excluding carboxylic acids is 1. The van der Waals surface area contributed by atoms with Crippen molar-refractivity contribution in [3.63, 3.8) is 0 Å². The van der Waals surface area contributed by atoms with Crippen molar-refractivity contribution in [2.75, 3.05) is 30.6 Å². The molecule has 1 heterocycles. The number of aliphatic hydroxyl groups is 1.